The lowest BCUT2D eigenvalue weighted by molar-refractivity contribution is -0.136. The summed E-state index contributed by atoms with van der Waals surface area (Å²) >= 11 is 6.17. The lowest BCUT2D eigenvalue weighted by atomic mass is 9.75. The molecule has 1 fully saturated rings. The number of rotatable bonds is 7. The molecule has 0 radical (unpaired) electrons. The van der Waals surface area contributed by atoms with E-state index in [9.17, 15) is 9.59 Å². The van der Waals surface area contributed by atoms with Crippen molar-refractivity contribution in [2.45, 2.75) is 52.5 Å². The number of amides is 2. The lowest BCUT2D eigenvalue weighted by Crippen LogP contribution is -2.48. The smallest absolute Gasteiger partial charge is 0.259 e. The number of ether oxygens (including phenoxy) is 1. The van der Waals surface area contributed by atoms with E-state index >= 15 is 0 Å². The molecule has 7 nitrogen and oxygen atoms in total. The molecule has 0 atom stereocenters. The maximum Gasteiger partial charge on any atom is 0.259 e. The zero-order valence-corrected chi connectivity index (χ0v) is 22.8. The molecule has 2 aliphatic rings. The van der Waals surface area contributed by atoms with Gasteiger partial charge in [0.25, 0.3) is 5.91 Å². The second kappa shape index (κ2) is 11.2. The number of carbonyl (C=O) groups is 2. The lowest BCUT2D eigenvalue weighted by Gasteiger charge is -2.42. The molecule has 5 rings (SSSR count). The topological polar surface area (TPSA) is 75.9 Å². The third kappa shape index (κ3) is 5.58. The molecular formula is C30H34ClN3O4. The molecule has 0 spiro atoms. The monoisotopic (exact) mass is 535 g/mol. The Hall–Kier alpha value is -3.32. The number of fused-ring (bicyclic) bond motifs is 1. The van der Waals surface area contributed by atoms with Crippen LogP contribution < -0.4 is 4.74 Å². The number of likely N-dealkylation sites (tertiary alicyclic amines) is 1. The van der Waals surface area contributed by atoms with Crippen molar-refractivity contribution in [1.82, 2.24) is 15.0 Å². The molecular weight excluding hydrogens is 502 g/mol. The average Bonchev–Trinajstić information content (AvgIpc) is 3.32. The second-order valence-corrected chi connectivity index (χ2v) is 10.9. The highest BCUT2D eigenvalue weighted by molar-refractivity contribution is 6.30. The maximum absolute atomic E-state index is 13.6. The van der Waals surface area contributed by atoms with Crippen molar-refractivity contribution in [2.75, 3.05) is 26.2 Å². The first-order valence-corrected chi connectivity index (χ1v) is 13.7. The number of nitrogens with zero attached hydrogens (tertiary/aromatic N) is 3. The molecule has 2 aliphatic heterocycles. The van der Waals surface area contributed by atoms with Crippen LogP contribution in [-0.2, 0) is 24.2 Å². The van der Waals surface area contributed by atoms with E-state index < -0.39 is 0 Å². The van der Waals surface area contributed by atoms with Crippen LogP contribution in [0.5, 0.6) is 5.75 Å². The zero-order valence-electron chi connectivity index (χ0n) is 22.0. The third-order valence-electron chi connectivity index (χ3n) is 7.94. The van der Waals surface area contributed by atoms with E-state index in [1.807, 2.05) is 41.0 Å². The van der Waals surface area contributed by atoms with Gasteiger partial charge >= 0.3 is 0 Å². The van der Waals surface area contributed by atoms with Crippen LogP contribution in [0.2, 0.25) is 5.02 Å². The van der Waals surface area contributed by atoms with E-state index in [2.05, 4.69) is 23.4 Å². The first-order valence-electron chi connectivity index (χ1n) is 13.3. The van der Waals surface area contributed by atoms with Gasteiger partial charge in [0.15, 0.2) is 0 Å². The van der Waals surface area contributed by atoms with E-state index in [0.29, 0.717) is 79.7 Å². The largest absolute Gasteiger partial charge is 0.493 e. The van der Waals surface area contributed by atoms with Crippen LogP contribution in [0.25, 0.3) is 0 Å². The van der Waals surface area contributed by atoms with Crippen molar-refractivity contribution in [3.8, 4) is 5.75 Å². The third-order valence-corrected chi connectivity index (χ3v) is 8.18. The van der Waals surface area contributed by atoms with Crippen LogP contribution in [-0.4, -0.2) is 53.0 Å². The van der Waals surface area contributed by atoms with Gasteiger partial charge in [-0.2, -0.15) is 0 Å². The van der Waals surface area contributed by atoms with E-state index in [4.69, 9.17) is 20.9 Å². The van der Waals surface area contributed by atoms with Gasteiger partial charge in [-0.3, -0.25) is 9.59 Å². The Kier molecular flexibility index (Phi) is 7.75. The first-order chi connectivity index (χ1) is 18.4. The van der Waals surface area contributed by atoms with E-state index in [0.717, 1.165) is 13.0 Å². The first kappa shape index (κ1) is 26.3. The van der Waals surface area contributed by atoms with Crippen LogP contribution in [0.3, 0.4) is 0 Å². The fraction of sp³-hybridized carbons (Fsp3) is 0.433. The van der Waals surface area contributed by atoms with Gasteiger partial charge in [-0.25, -0.2) is 0 Å². The molecule has 3 aromatic rings. The summed E-state index contributed by atoms with van der Waals surface area (Å²) in [4.78, 5) is 30.8. The Morgan fingerprint density at radius 1 is 1.05 bits per heavy atom. The zero-order chi connectivity index (χ0) is 26.7. The van der Waals surface area contributed by atoms with Gasteiger partial charge in [0.1, 0.15) is 17.1 Å². The summed E-state index contributed by atoms with van der Waals surface area (Å²) in [5, 5.41) is 4.66. The number of carbonyl (C=O) groups excluding carboxylic acids is 2. The molecule has 8 heteroatoms. The fourth-order valence-corrected chi connectivity index (χ4v) is 5.76. The molecule has 0 unspecified atom stereocenters. The Morgan fingerprint density at radius 2 is 1.82 bits per heavy atom. The predicted octanol–water partition coefficient (Wildman–Crippen LogP) is 5.48. The van der Waals surface area contributed by atoms with Crippen LogP contribution >= 0.6 is 11.6 Å². The molecule has 0 bridgehead atoms. The number of halogens is 1. The summed E-state index contributed by atoms with van der Waals surface area (Å²) in [5.74, 6) is 1.32. The normalized spacial score (nSPS) is 16.7. The van der Waals surface area contributed by atoms with Gasteiger partial charge in [0, 0.05) is 43.0 Å². The van der Waals surface area contributed by atoms with Crippen LogP contribution in [0.1, 0.15) is 59.1 Å². The average molecular weight is 536 g/mol. The highest BCUT2D eigenvalue weighted by Crippen LogP contribution is 2.38. The second-order valence-electron chi connectivity index (χ2n) is 10.5. The standard InChI is InChI=1S/C30H34ClN3O4/c1-3-26-28(21(2)38-32-26)29(36)33-15-12-30(13-16-33,20-37-25-10-6-9-24(31)17-25)18-27(35)34-14-11-22-7-4-5-8-23(22)19-34/h4-10,17H,3,11-16,18-20H2,1-2H3. The van der Waals surface area contributed by atoms with Crippen LogP contribution in [0.15, 0.2) is 53.1 Å². The van der Waals surface area contributed by atoms with Crippen molar-refractivity contribution in [3.63, 3.8) is 0 Å². The number of aromatic nitrogens is 1. The van der Waals surface area contributed by atoms with Gasteiger partial charge in [-0.1, -0.05) is 54.0 Å². The minimum absolute atomic E-state index is 0.0519. The number of hydrogen-bond donors (Lipinski definition) is 0. The summed E-state index contributed by atoms with van der Waals surface area (Å²) < 4.78 is 11.5. The SMILES string of the molecule is CCc1noc(C)c1C(=O)N1CCC(COc2cccc(Cl)c2)(CC(=O)N2CCc3ccccc3C2)CC1. The maximum atomic E-state index is 13.6. The molecule has 0 N–H and O–H groups in total. The van der Waals surface area contributed by atoms with Crippen molar-refractivity contribution >= 4 is 23.4 Å². The molecule has 3 heterocycles. The summed E-state index contributed by atoms with van der Waals surface area (Å²) in [5.41, 5.74) is 3.41. The Labute approximate surface area is 228 Å². The van der Waals surface area contributed by atoms with E-state index in [1.165, 1.54) is 11.1 Å². The molecule has 1 aromatic heterocycles. The number of piperidine rings is 1. The minimum Gasteiger partial charge on any atom is -0.493 e. The van der Waals surface area contributed by atoms with Gasteiger partial charge < -0.3 is 19.1 Å². The van der Waals surface area contributed by atoms with Crippen molar-refractivity contribution in [3.05, 3.63) is 81.7 Å². The predicted molar refractivity (Wildman–Crippen MR) is 145 cm³/mol. The summed E-state index contributed by atoms with van der Waals surface area (Å²) in [7, 11) is 0. The van der Waals surface area contributed by atoms with Gasteiger partial charge in [-0.05, 0) is 61.9 Å². The number of aryl methyl sites for hydroxylation is 2. The van der Waals surface area contributed by atoms with Crippen molar-refractivity contribution in [2.24, 2.45) is 5.41 Å². The fourth-order valence-electron chi connectivity index (χ4n) is 5.58. The molecule has 0 saturated carbocycles. The van der Waals surface area contributed by atoms with Gasteiger partial charge in [-0.15, -0.1) is 0 Å². The minimum atomic E-state index is -0.385. The Bertz CT molecular complexity index is 1310. The highest BCUT2D eigenvalue weighted by Gasteiger charge is 2.41. The van der Waals surface area contributed by atoms with Crippen molar-refractivity contribution < 1.29 is 18.8 Å². The van der Waals surface area contributed by atoms with Crippen molar-refractivity contribution in [1.29, 1.82) is 0 Å². The van der Waals surface area contributed by atoms with Crippen LogP contribution in [0, 0.1) is 12.3 Å². The van der Waals surface area contributed by atoms with Gasteiger partial charge in [0.05, 0.1) is 12.3 Å². The van der Waals surface area contributed by atoms with Gasteiger partial charge in [0.2, 0.25) is 5.91 Å². The highest BCUT2D eigenvalue weighted by atomic mass is 35.5. The molecule has 38 heavy (non-hydrogen) atoms. The molecule has 2 aromatic carbocycles. The molecule has 0 aliphatic carbocycles. The molecule has 2 amide bonds. The van der Waals surface area contributed by atoms with Crippen LogP contribution in [0.4, 0.5) is 0 Å². The summed E-state index contributed by atoms with van der Waals surface area (Å²) in [6, 6.07) is 15.7. The number of hydrogen-bond acceptors (Lipinski definition) is 5. The van der Waals surface area contributed by atoms with E-state index in [1.54, 1.807) is 13.0 Å². The number of benzene rings is 2. The molecule has 200 valence electrons. The Morgan fingerprint density at radius 3 is 2.55 bits per heavy atom. The summed E-state index contributed by atoms with van der Waals surface area (Å²) in [6.07, 6.45) is 3.22. The Balaban J connectivity index is 1.31. The summed E-state index contributed by atoms with van der Waals surface area (Å²) in [6.45, 7) is 6.58. The quantitative estimate of drug-likeness (QED) is 0.400. The van der Waals surface area contributed by atoms with E-state index in [-0.39, 0.29) is 17.2 Å². The molecule has 1 saturated heterocycles.